The van der Waals surface area contributed by atoms with Crippen molar-refractivity contribution in [2.75, 3.05) is 0 Å². The second kappa shape index (κ2) is 8.36. The molecule has 2 aromatic heterocycles. The van der Waals surface area contributed by atoms with Crippen LogP contribution in [0.1, 0.15) is 17.7 Å². The number of carboxylic acid groups (broad SMARTS) is 2. The van der Waals surface area contributed by atoms with Crippen LogP contribution in [0.5, 0.6) is 0 Å². The first-order valence-electron chi connectivity index (χ1n) is 5.75. The first-order chi connectivity index (χ1) is 9.58. The predicted molar refractivity (Wildman–Crippen MR) is 70.0 cm³/mol. The molecular weight excluding hydrogens is 264 g/mol. The maximum atomic E-state index is 10.1. The van der Waals surface area contributed by atoms with Crippen molar-refractivity contribution < 1.29 is 28.6 Å². The summed E-state index contributed by atoms with van der Waals surface area (Å²) in [4.78, 5) is 20.0. The first-order valence-corrected chi connectivity index (χ1v) is 5.75. The molecule has 20 heavy (non-hydrogen) atoms. The minimum absolute atomic E-state index is 0.166. The largest absolute Gasteiger partial charge is 0.481 e. The number of aryl methyl sites for hydroxylation is 1. The summed E-state index contributed by atoms with van der Waals surface area (Å²) in [5, 5.41) is 16.5. The fraction of sp³-hybridized carbons (Fsp3) is 0.143. The molecule has 0 radical (unpaired) electrons. The highest BCUT2D eigenvalue weighted by Gasteiger charge is 1.98. The molecule has 6 heteroatoms. The van der Waals surface area contributed by atoms with Crippen LogP contribution in [0.15, 0.2) is 51.9 Å². The highest BCUT2D eigenvalue weighted by molar-refractivity contribution is 5.84. The van der Waals surface area contributed by atoms with E-state index < -0.39 is 11.9 Å². The Morgan fingerprint density at radius 2 is 2.00 bits per heavy atom. The van der Waals surface area contributed by atoms with Crippen molar-refractivity contribution in [1.29, 1.82) is 0 Å². The summed E-state index contributed by atoms with van der Waals surface area (Å²) < 4.78 is 9.59. The van der Waals surface area contributed by atoms with Crippen LogP contribution < -0.4 is 0 Å². The minimum Gasteiger partial charge on any atom is -0.481 e. The van der Waals surface area contributed by atoms with Gasteiger partial charge in [-0.1, -0.05) is 0 Å². The zero-order valence-corrected chi connectivity index (χ0v) is 10.6. The topological polar surface area (TPSA) is 101 Å². The van der Waals surface area contributed by atoms with E-state index in [0.29, 0.717) is 12.2 Å². The highest BCUT2D eigenvalue weighted by Crippen LogP contribution is 2.02. The molecule has 2 aromatic rings. The molecule has 2 rings (SSSR count). The Morgan fingerprint density at radius 1 is 1.20 bits per heavy atom. The monoisotopic (exact) mass is 278 g/mol. The van der Waals surface area contributed by atoms with Crippen molar-refractivity contribution in [1.82, 2.24) is 0 Å². The van der Waals surface area contributed by atoms with Gasteiger partial charge in [0.05, 0.1) is 18.8 Å². The van der Waals surface area contributed by atoms with Crippen molar-refractivity contribution in [2.45, 2.75) is 12.8 Å². The van der Waals surface area contributed by atoms with E-state index in [2.05, 4.69) is 0 Å². The maximum Gasteiger partial charge on any atom is 0.328 e. The molecule has 2 N–H and O–H groups in total. The lowest BCUT2D eigenvalue weighted by Crippen LogP contribution is -1.95. The molecule has 0 bridgehead atoms. The molecule has 6 nitrogen and oxygen atoms in total. The van der Waals surface area contributed by atoms with Gasteiger partial charge in [-0.3, -0.25) is 4.79 Å². The Balaban J connectivity index is 0.000000200. The summed E-state index contributed by atoms with van der Waals surface area (Å²) in [5.41, 5.74) is 0.933. The van der Waals surface area contributed by atoms with E-state index in [1.807, 2.05) is 0 Å². The first kappa shape index (κ1) is 15.3. The third-order valence-corrected chi connectivity index (χ3v) is 2.14. The molecule has 0 saturated carbocycles. The molecule has 0 aliphatic rings. The van der Waals surface area contributed by atoms with Crippen molar-refractivity contribution in [3.8, 4) is 0 Å². The molecule has 0 aliphatic heterocycles. The summed E-state index contributed by atoms with van der Waals surface area (Å²) in [6.45, 7) is 0. The second-order valence-electron chi connectivity index (χ2n) is 3.71. The number of hydrogen-bond acceptors (Lipinski definition) is 4. The molecule has 0 atom stereocenters. The lowest BCUT2D eigenvalue weighted by Gasteiger charge is -1.88. The smallest absolute Gasteiger partial charge is 0.328 e. The summed E-state index contributed by atoms with van der Waals surface area (Å²) >= 11 is 0. The molecular formula is C14H14O6. The standard InChI is InChI=1S/C7H8O3.C7H6O3/c8-7(9)2-1-6-3-4-10-5-6;8-7(9)4-3-6-2-1-5-10-6/h3-5H,1-2H2,(H,8,9);1-5H,(H,8,9). The van der Waals surface area contributed by atoms with Gasteiger partial charge in [0.15, 0.2) is 0 Å². The Labute approximate surface area is 114 Å². The Morgan fingerprint density at radius 3 is 2.50 bits per heavy atom. The van der Waals surface area contributed by atoms with Crippen LogP contribution >= 0.6 is 0 Å². The van der Waals surface area contributed by atoms with Gasteiger partial charge >= 0.3 is 11.9 Å². The average molecular weight is 278 g/mol. The zero-order valence-electron chi connectivity index (χ0n) is 10.6. The van der Waals surface area contributed by atoms with Crippen LogP contribution in [0.2, 0.25) is 0 Å². The van der Waals surface area contributed by atoms with Gasteiger partial charge in [-0.2, -0.15) is 0 Å². The number of furan rings is 2. The van der Waals surface area contributed by atoms with Crippen molar-refractivity contribution in [3.63, 3.8) is 0 Å². The number of rotatable bonds is 5. The number of hydrogen-bond donors (Lipinski definition) is 2. The Hall–Kier alpha value is -2.76. The van der Waals surface area contributed by atoms with Gasteiger partial charge in [-0.15, -0.1) is 0 Å². The SMILES string of the molecule is O=C(O)C=Cc1ccco1.O=C(O)CCc1ccoc1. The molecule has 0 amide bonds. The third-order valence-electron chi connectivity index (χ3n) is 2.14. The summed E-state index contributed by atoms with van der Waals surface area (Å²) in [7, 11) is 0. The van der Waals surface area contributed by atoms with E-state index >= 15 is 0 Å². The quantitative estimate of drug-likeness (QED) is 0.815. The van der Waals surface area contributed by atoms with E-state index in [1.54, 1.807) is 24.5 Å². The average Bonchev–Trinajstić information content (AvgIpc) is 3.08. The molecule has 0 spiro atoms. The lowest BCUT2D eigenvalue weighted by molar-refractivity contribution is -0.137. The van der Waals surface area contributed by atoms with E-state index in [0.717, 1.165) is 11.6 Å². The van der Waals surface area contributed by atoms with Gasteiger partial charge in [0, 0.05) is 12.5 Å². The number of aliphatic carboxylic acids is 2. The van der Waals surface area contributed by atoms with Crippen LogP contribution in [-0.4, -0.2) is 22.2 Å². The number of carbonyl (C=O) groups is 2. The van der Waals surface area contributed by atoms with E-state index in [4.69, 9.17) is 19.0 Å². The molecule has 0 fully saturated rings. The van der Waals surface area contributed by atoms with E-state index in [-0.39, 0.29) is 6.42 Å². The van der Waals surface area contributed by atoms with Crippen LogP contribution in [0.4, 0.5) is 0 Å². The van der Waals surface area contributed by atoms with Gasteiger partial charge < -0.3 is 19.0 Å². The van der Waals surface area contributed by atoms with Crippen molar-refractivity contribution in [3.05, 3.63) is 54.4 Å². The molecule has 0 unspecified atom stereocenters. The molecule has 2 heterocycles. The van der Waals surface area contributed by atoms with Crippen LogP contribution in [0.3, 0.4) is 0 Å². The molecule has 106 valence electrons. The third kappa shape index (κ3) is 6.85. The van der Waals surface area contributed by atoms with Crippen LogP contribution in [-0.2, 0) is 16.0 Å². The summed E-state index contributed by atoms with van der Waals surface area (Å²) in [6, 6.07) is 5.14. The van der Waals surface area contributed by atoms with Gasteiger partial charge in [-0.25, -0.2) is 4.79 Å². The number of carboxylic acids is 2. The van der Waals surface area contributed by atoms with Gasteiger partial charge in [0.1, 0.15) is 5.76 Å². The predicted octanol–water partition coefficient (Wildman–Crippen LogP) is 2.67. The Bertz CT molecular complexity index is 536. The van der Waals surface area contributed by atoms with E-state index in [1.165, 1.54) is 18.6 Å². The normalized spacial score (nSPS) is 10.0. The van der Waals surface area contributed by atoms with Crippen molar-refractivity contribution >= 4 is 18.0 Å². The van der Waals surface area contributed by atoms with Crippen LogP contribution in [0.25, 0.3) is 6.08 Å². The molecule has 0 aromatic carbocycles. The fourth-order valence-electron chi connectivity index (χ4n) is 1.23. The van der Waals surface area contributed by atoms with Gasteiger partial charge in [0.2, 0.25) is 0 Å². The zero-order chi connectivity index (χ0) is 14.8. The summed E-state index contributed by atoms with van der Waals surface area (Å²) in [6.07, 6.45) is 7.72. The molecule has 0 saturated heterocycles. The van der Waals surface area contributed by atoms with Crippen LogP contribution in [0, 0.1) is 0 Å². The summed E-state index contributed by atoms with van der Waals surface area (Å²) in [5.74, 6) is -1.21. The van der Waals surface area contributed by atoms with Gasteiger partial charge in [-0.05, 0) is 36.3 Å². The maximum absolute atomic E-state index is 10.1. The van der Waals surface area contributed by atoms with E-state index in [9.17, 15) is 9.59 Å². The second-order valence-corrected chi connectivity index (χ2v) is 3.71. The fourth-order valence-corrected chi connectivity index (χ4v) is 1.23. The molecule has 0 aliphatic carbocycles. The van der Waals surface area contributed by atoms with Crippen molar-refractivity contribution in [2.24, 2.45) is 0 Å². The minimum atomic E-state index is -0.976. The highest BCUT2D eigenvalue weighted by atomic mass is 16.4. The van der Waals surface area contributed by atoms with Gasteiger partial charge in [0.25, 0.3) is 0 Å². The Kier molecular flexibility index (Phi) is 6.40. The lowest BCUT2D eigenvalue weighted by atomic mass is 10.2.